The summed E-state index contributed by atoms with van der Waals surface area (Å²) in [6.45, 7) is 3.31. The fraction of sp³-hybridized carbons (Fsp3) is 0.750. The van der Waals surface area contributed by atoms with E-state index in [1.165, 1.54) is 0 Å². The predicted octanol–water partition coefficient (Wildman–Crippen LogP) is 0.510. The molecule has 0 spiro atoms. The average Bonchev–Trinajstić information content (AvgIpc) is 2.15. The van der Waals surface area contributed by atoms with Crippen LogP contribution in [0.5, 0.6) is 0 Å². The monoisotopic (exact) mass is 215 g/mol. The second kappa shape index (κ2) is 5.58. The lowest BCUT2D eigenvalue weighted by Crippen LogP contribution is -2.39. The molecule has 0 aliphatic carbocycles. The van der Waals surface area contributed by atoms with Crippen molar-refractivity contribution in [2.45, 2.75) is 38.0 Å². The molecule has 0 fully saturated rings. The van der Waals surface area contributed by atoms with E-state index in [1.807, 2.05) is 6.07 Å². The van der Waals surface area contributed by atoms with E-state index in [2.05, 4.69) is 4.72 Å². The van der Waals surface area contributed by atoms with Crippen molar-refractivity contribution in [3.8, 4) is 12.1 Å². The molecular weight excluding hydrogens is 202 g/mol. The first kappa shape index (κ1) is 12.9. The second-order valence-corrected chi connectivity index (χ2v) is 4.67. The van der Waals surface area contributed by atoms with Gasteiger partial charge in [0.2, 0.25) is 10.0 Å². The SMILES string of the molecule is CCC(C#N)NS(=O)(=O)C(C#N)CC. The minimum absolute atomic E-state index is 0.216. The quantitative estimate of drug-likeness (QED) is 0.723. The lowest BCUT2D eigenvalue weighted by Gasteiger charge is -2.12. The first-order chi connectivity index (χ1) is 6.51. The Labute approximate surface area is 84.4 Å². The zero-order valence-electron chi connectivity index (χ0n) is 8.19. The van der Waals surface area contributed by atoms with Crippen LogP contribution < -0.4 is 4.72 Å². The van der Waals surface area contributed by atoms with Crippen LogP contribution in [0.4, 0.5) is 0 Å². The van der Waals surface area contributed by atoms with Crippen LogP contribution in [0.2, 0.25) is 0 Å². The maximum absolute atomic E-state index is 11.4. The van der Waals surface area contributed by atoms with Crippen molar-refractivity contribution in [2.75, 3.05) is 0 Å². The van der Waals surface area contributed by atoms with Gasteiger partial charge < -0.3 is 0 Å². The molecule has 0 aliphatic rings. The zero-order valence-corrected chi connectivity index (χ0v) is 9.00. The van der Waals surface area contributed by atoms with Crippen LogP contribution in [0, 0.1) is 22.7 Å². The van der Waals surface area contributed by atoms with E-state index in [1.54, 1.807) is 19.9 Å². The number of nitrogens with one attached hydrogen (secondary N) is 1. The molecule has 0 aliphatic heterocycles. The molecule has 0 heterocycles. The van der Waals surface area contributed by atoms with Crippen molar-refractivity contribution in [3.63, 3.8) is 0 Å². The summed E-state index contributed by atoms with van der Waals surface area (Å²) in [7, 11) is -3.68. The number of rotatable bonds is 5. The smallest absolute Gasteiger partial charge is 0.211 e. The van der Waals surface area contributed by atoms with Crippen molar-refractivity contribution in [1.82, 2.24) is 4.72 Å². The van der Waals surface area contributed by atoms with E-state index >= 15 is 0 Å². The maximum Gasteiger partial charge on any atom is 0.229 e. The normalized spacial score (nSPS) is 15.1. The van der Waals surface area contributed by atoms with Crippen molar-refractivity contribution < 1.29 is 8.42 Å². The highest BCUT2D eigenvalue weighted by Gasteiger charge is 2.25. The van der Waals surface area contributed by atoms with Crippen LogP contribution in [0.15, 0.2) is 0 Å². The van der Waals surface area contributed by atoms with Crippen molar-refractivity contribution in [1.29, 1.82) is 10.5 Å². The maximum atomic E-state index is 11.4. The van der Waals surface area contributed by atoms with Gasteiger partial charge in [0.1, 0.15) is 6.04 Å². The Hall–Kier alpha value is -1.11. The van der Waals surface area contributed by atoms with Gasteiger partial charge in [-0.3, -0.25) is 0 Å². The molecule has 0 aromatic carbocycles. The van der Waals surface area contributed by atoms with Gasteiger partial charge in [-0.05, 0) is 12.8 Å². The number of nitrogens with zero attached hydrogens (tertiary/aromatic N) is 2. The standard InChI is InChI=1S/C8H13N3O2S/c1-3-7(5-9)11-14(12,13)8(4-2)6-10/h7-8,11H,3-4H2,1-2H3. The number of hydrogen-bond acceptors (Lipinski definition) is 4. The molecule has 1 N–H and O–H groups in total. The average molecular weight is 215 g/mol. The third-order valence-corrected chi connectivity index (χ3v) is 3.56. The van der Waals surface area contributed by atoms with E-state index in [9.17, 15) is 8.42 Å². The number of sulfonamides is 1. The number of hydrogen-bond donors (Lipinski definition) is 1. The summed E-state index contributed by atoms with van der Waals surface area (Å²) in [5.41, 5.74) is 0. The van der Waals surface area contributed by atoms with Gasteiger partial charge in [0.05, 0.1) is 12.1 Å². The molecule has 2 unspecified atom stereocenters. The van der Waals surface area contributed by atoms with E-state index in [0.29, 0.717) is 6.42 Å². The van der Waals surface area contributed by atoms with Gasteiger partial charge in [0, 0.05) is 0 Å². The Morgan fingerprint density at radius 1 is 1.21 bits per heavy atom. The summed E-state index contributed by atoms with van der Waals surface area (Å²) < 4.78 is 25.1. The minimum Gasteiger partial charge on any atom is -0.211 e. The lowest BCUT2D eigenvalue weighted by molar-refractivity contribution is 0.561. The van der Waals surface area contributed by atoms with Gasteiger partial charge in [0.15, 0.2) is 5.25 Å². The van der Waals surface area contributed by atoms with Gasteiger partial charge in [0.25, 0.3) is 0 Å². The second-order valence-electron chi connectivity index (χ2n) is 2.78. The van der Waals surface area contributed by atoms with Crippen molar-refractivity contribution in [2.24, 2.45) is 0 Å². The summed E-state index contributed by atoms with van der Waals surface area (Å²) >= 11 is 0. The summed E-state index contributed by atoms with van der Waals surface area (Å²) in [6.07, 6.45) is 0.602. The van der Waals surface area contributed by atoms with Crippen LogP contribution >= 0.6 is 0 Å². The van der Waals surface area contributed by atoms with Crippen molar-refractivity contribution >= 4 is 10.0 Å². The molecule has 14 heavy (non-hydrogen) atoms. The Morgan fingerprint density at radius 3 is 2.07 bits per heavy atom. The third-order valence-electron chi connectivity index (χ3n) is 1.76. The van der Waals surface area contributed by atoms with Gasteiger partial charge in [-0.1, -0.05) is 13.8 Å². The predicted molar refractivity (Wildman–Crippen MR) is 51.4 cm³/mol. The molecule has 6 heteroatoms. The fourth-order valence-corrected chi connectivity index (χ4v) is 2.22. The Kier molecular flexibility index (Phi) is 5.14. The zero-order chi connectivity index (χ0) is 11.2. The molecule has 2 atom stereocenters. The van der Waals surface area contributed by atoms with Crippen LogP contribution in [-0.2, 0) is 10.0 Å². The summed E-state index contributed by atoms with van der Waals surface area (Å²) in [6, 6.07) is 2.75. The molecule has 0 aromatic rings. The van der Waals surface area contributed by atoms with Crippen molar-refractivity contribution in [3.05, 3.63) is 0 Å². The molecule has 0 saturated heterocycles. The molecule has 0 radical (unpaired) electrons. The first-order valence-electron chi connectivity index (χ1n) is 4.32. The highest BCUT2D eigenvalue weighted by Crippen LogP contribution is 2.04. The van der Waals surface area contributed by atoms with Crippen LogP contribution in [0.1, 0.15) is 26.7 Å². The van der Waals surface area contributed by atoms with Crippen LogP contribution in [0.3, 0.4) is 0 Å². The molecule has 0 saturated carbocycles. The van der Waals surface area contributed by atoms with Crippen LogP contribution in [-0.4, -0.2) is 19.7 Å². The van der Waals surface area contributed by atoms with Gasteiger partial charge >= 0.3 is 0 Å². The third kappa shape index (κ3) is 3.33. The summed E-state index contributed by atoms with van der Waals surface area (Å²) in [5, 5.41) is 16.0. The van der Waals surface area contributed by atoms with E-state index in [0.717, 1.165) is 0 Å². The van der Waals surface area contributed by atoms with E-state index in [-0.39, 0.29) is 6.42 Å². The molecular formula is C8H13N3O2S. The lowest BCUT2D eigenvalue weighted by atomic mass is 10.3. The molecule has 78 valence electrons. The molecule has 5 nitrogen and oxygen atoms in total. The number of nitriles is 2. The topological polar surface area (TPSA) is 93.8 Å². The molecule has 0 rings (SSSR count). The first-order valence-corrected chi connectivity index (χ1v) is 5.86. The largest absolute Gasteiger partial charge is 0.229 e. The summed E-state index contributed by atoms with van der Waals surface area (Å²) in [5.74, 6) is 0. The molecule has 0 bridgehead atoms. The Balaban J connectivity index is 4.67. The Morgan fingerprint density at radius 2 is 1.79 bits per heavy atom. The fourth-order valence-electron chi connectivity index (χ4n) is 0.861. The molecule has 0 amide bonds. The van der Waals surface area contributed by atoms with Gasteiger partial charge in [-0.25, -0.2) is 8.42 Å². The Bertz CT molecular complexity index is 350. The minimum atomic E-state index is -3.68. The van der Waals surface area contributed by atoms with E-state index < -0.39 is 21.3 Å². The van der Waals surface area contributed by atoms with Gasteiger partial charge in [-0.15, -0.1) is 0 Å². The van der Waals surface area contributed by atoms with Crippen LogP contribution in [0.25, 0.3) is 0 Å². The van der Waals surface area contributed by atoms with E-state index in [4.69, 9.17) is 10.5 Å². The van der Waals surface area contributed by atoms with Gasteiger partial charge in [-0.2, -0.15) is 15.2 Å². The highest BCUT2D eigenvalue weighted by atomic mass is 32.2. The highest BCUT2D eigenvalue weighted by molar-refractivity contribution is 7.90. The summed E-state index contributed by atoms with van der Waals surface area (Å²) in [4.78, 5) is 0. The molecule has 0 aromatic heterocycles.